The maximum absolute atomic E-state index is 12.3. The van der Waals surface area contributed by atoms with Crippen LogP contribution in [0.4, 0.5) is 0 Å². The van der Waals surface area contributed by atoms with Crippen molar-refractivity contribution in [2.45, 2.75) is 25.8 Å². The highest BCUT2D eigenvalue weighted by atomic mass is 16.5. The molecular weight excluding hydrogens is 272 g/mol. The third-order valence-corrected chi connectivity index (χ3v) is 4.21. The van der Waals surface area contributed by atoms with Crippen molar-refractivity contribution in [3.63, 3.8) is 0 Å². The lowest BCUT2D eigenvalue weighted by Crippen LogP contribution is -2.44. The number of rotatable bonds is 5. The molecule has 1 aliphatic heterocycles. The van der Waals surface area contributed by atoms with E-state index in [2.05, 4.69) is 10.1 Å². The standard InChI is InChI=1S/C14H22N4O3/c1-10(12-5-8-21-16-12)17(2)13(19)9-18-6-3-11(4-7-18)14(15)20/h5,8,10-11H,3-4,6-7,9H2,1-2H3,(H2,15,20)/t10-/m1/s1. The van der Waals surface area contributed by atoms with Gasteiger partial charge in [0, 0.05) is 19.0 Å². The van der Waals surface area contributed by atoms with Gasteiger partial charge < -0.3 is 15.2 Å². The lowest BCUT2D eigenvalue weighted by Gasteiger charge is -2.32. The van der Waals surface area contributed by atoms with Crippen LogP contribution in [0.2, 0.25) is 0 Å². The second kappa shape index (κ2) is 6.71. The van der Waals surface area contributed by atoms with E-state index < -0.39 is 0 Å². The van der Waals surface area contributed by atoms with Crippen LogP contribution in [-0.2, 0) is 9.59 Å². The summed E-state index contributed by atoms with van der Waals surface area (Å²) in [7, 11) is 1.76. The van der Waals surface area contributed by atoms with Gasteiger partial charge in [0.05, 0.1) is 12.6 Å². The van der Waals surface area contributed by atoms with E-state index in [-0.39, 0.29) is 23.8 Å². The molecule has 116 valence electrons. The molecule has 0 bridgehead atoms. The molecule has 7 heteroatoms. The topological polar surface area (TPSA) is 92.7 Å². The van der Waals surface area contributed by atoms with Gasteiger partial charge in [-0.05, 0) is 32.9 Å². The molecule has 0 unspecified atom stereocenters. The Morgan fingerprint density at radius 3 is 2.71 bits per heavy atom. The van der Waals surface area contributed by atoms with Crippen LogP contribution in [0.15, 0.2) is 16.9 Å². The van der Waals surface area contributed by atoms with Gasteiger partial charge in [0.2, 0.25) is 11.8 Å². The van der Waals surface area contributed by atoms with Crippen LogP contribution in [0.5, 0.6) is 0 Å². The van der Waals surface area contributed by atoms with Crippen LogP contribution < -0.4 is 5.73 Å². The first-order valence-electron chi connectivity index (χ1n) is 7.16. The summed E-state index contributed by atoms with van der Waals surface area (Å²) in [6.07, 6.45) is 2.95. The van der Waals surface area contributed by atoms with Crippen molar-refractivity contribution in [3.8, 4) is 0 Å². The number of primary amides is 1. The zero-order chi connectivity index (χ0) is 15.4. The first-order valence-corrected chi connectivity index (χ1v) is 7.16. The lowest BCUT2D eigenvalue weighted by molar-refractivity contribution is -0.133. The Labute approximate surface area is 124 Å². The number of carbonyl (C=O) groups is 2. The van der Waals surface area contributed by atoms with E-state index in [1.807, 2.05) is 6.92 Å². The van der Waals surface area contributed by atoms with Crippen LogP contribution in [-0.4, -0.2) is 53.5 Å². The quantitative estimate of drug-likeness (QED) is 0.848. The number of hydrogen-bond donors (Lipinski definition) is 1. The maximum atomic E-state index is 12.3. The number of nitrogens with two attached hydrogens (primary N) is 1. The normalized spacial score (nSPS) is 18.4. The predicted octanol–water partition coefficient (Wildman–Crippen LogP) is 0.391. The van der Waals surface area contributed by atoms with Crippen LogP contribution >= 0.6 is 0 Å². The van der Waals surface area contributed by atoms with E-state index in [1.54, 1.807) is 18.0 Å². The van der Waals surface area contributed by atoms with E-state index in [1.165, 1.54) is 6.26 Å². The fourth-order valence-electron chi connectivity index (χ4n) is 2.53. The van der Waals surface area contributed by atoms with Crippen LogP contribution in [0.3, 0.4) is 0 Å². The molecule has 1 aromatic rings. The number of aromatic nitrogens is 1. The molecule has 0 aliphatic carbocycles. The van der Waals surface area contributed by atoms with Gasteiger partial charge in [-0.3, -0.25) is 14.5 Å². The van der Waals surface area contributed by atoms with Crippen LogP contribution in [0, 0.1) is 5.92 Å². The summed E-state index contributed by atoms with van der Waals surface area (Å²) in [4.78, 5) is 27.2. The van der Waals surface area contributed by atoms with Gasteiger partial charge in [0.25, 0.3) is 0 Å². The minimum absolute atomic E-state index is 0.0306. The number of piperidine rings is 1. The highest BCUT2D eigenvalue weighted by molar-refractivity contribution is 5.79. The molecule has 21 heavy (non-hydrogen) atoms. The van der Waals surface area contributed by atoms with Crippen molar-refractivity contribution in [2.24, 2.45) is 11.7 Å². The first-order chi connectivity index (χ1) is 9.99. The zero-order valence-corrected chi connectivity index (χ0v) is 12.5. The number of likely N-dealkylation sites (tertiary alicyclic amines) is 1. The Bertz CT molecular complexity index is 480. The summed E-state index contributed by atoms with van der Waals surface area (Å²) >= 11 is 0. The summed E-state index contributed by atoms with van der Waals surface area (Å²) in [6.45, 7) is 3.72. The maximum Gasteiger partial charge on any atom is 0.237 e. The van der Waals surface area contributed by atoms with Crippen LogP contribution in [0.1, 0.15) is 31.5 Å². The van der Waals surface area contributed by atoms with Crippen molar-refractivity contribution >= 4 is 11.8 Å². The molecule has 7 nitrogen and oxygen atoms in total. The Balaban J connectivity index is 1.83. The number of likely N-dealkylation sites (N-methyl/N-ethyl adjacent to an activating group) is 1. The Morgan fingerprint density at radius 2 is 2.19 bits per heavy atom. The summed E-state index contributed by atoms with van der Waals surface area (Å²) < 4.78 is 4.81. The Kier molecular flexibility index (Phi) is 4.95. The molecule has 1 fully saturated rings. The van der Waals surface area contributed by atoms with Gasteiger partial charge in [-0.15, -0.1) is 0 Å². The largest absolute Gasteiger partial charge is 0.369 e. The zero-order valence-electron chi connectivity index (χ0n) is 12.5. The average Bonchev–Trinajstić information content (AvgIpc) is 3.00. The molecular formula is C14H22N4O3. The number of hydrogen-bond acceptors (Lipinski definition) is 5. The third-order valence-electron chi connectivity index (χ3n) is 4.21. The molecule has 2 heterocycles. The Morgan fingerprint density at radius 1 is 1.52 bits per heavy atom. The molecule has 0 radical (unpaired) electrons. The summed E-state index contributed by atoms with van der Waals surface area (Å²) in [6, 6.07) is 1.63. The molecule has 2 amide bonds. The van der Waals surface area contributed by atoms with E-state index in [9.17, 15) is 9.59 Å². The summed E-state index contributed by atoms with van der Waals surface area (Å²) in [5.41, 5.74) is 6.04. The van der Waals surface area contributed by atoms with Gasteiger partial charge in [-0.1, -0.05) is 5.16 Å². The number of carbonyl (C=O) groups excluding carboxylic acids is 2. The second-order valence-electron chi connectivity index (χ2n) is 5.56. The van der Waals surface area contributed by atoms with Crippen molar-refractivity contribution in [1.82, 2.24) is 15.0 Å². The van der Waals surface area contributed by atoms with Crippen molar-refractivity contribution in [2.75, 3.05) is 26.7 Å². The summed E-state index contributed by atoms with van der Waals surface area (Å²) in [5, 5.41) is 3.86. The van der Waals surface area contributed by atoms with E-state index in [0.29, 0.717) is 6.54 Å². The van der Waals surface area contributed by atoms with E-state index in [0.717, 1.165) is 31.6 Å². The average molecular weight is 294 g/mol. The van der Waals surface area contributed by atoms with Crippen molar-refractivity contribution in [1.29, 1.82) is 0 Å². The van der Waals surface area contributed by atoms with Crippen molar-refractivity contribution in [3.05, 3.63) is 18.0 Å². The summed E-state index contributed by atoms with van der Waals surface area (Å²) in [5.74, 6) is -0.260. The minimum Gasteiger partial charge on any atom is -0.369 e. The molecule has 2 rings (SSSR count). The molecule has 0 saturated carbocycles. The van der Waals surface area contributed by atoms with Gasteiger partial charge in [0.1, 0.15) is 12.0 Å². The first kappa shape index (κ1) is 15.5. The Hall–Kier alpha value is -1.89. The highest BCUT2D eigenvalue weighted by Crippen LogP contribution is 2.19. The molecule has 1 aromatic heterocycles. The van der Waals surface area contributed by atoms with E-state index >= 15 is 0 Å². The molecule has 1 saturated heterocycles. The van der Waals surface area contributed by atoms with Crippen molar-refractivity contribution < 1.29 is 14.1 Å². The number of amides is 2. The van der Waals surface area contributed by atoms with Gasteiger partial charge in [0.15, 0.2) is 0 Å². The SMILES string of the molecule is C[C@H](c1ccon1)N(C)C(=O)CN1CCC(C(N)=O)CC1. The minimum atomic E-state index is -0.238. The van der Waals surface area contributed by atoms with Gasteiger partial charge in [-0.25, -0.2) is 0 Å². The number of nitrogens with zero attached hydrogens (tertiary/aromatic N) is 3. The molecule has 2 N–H and O–H groups in total. The predicted molar refractivity (Wildman–Crippen MR) is 76.0 cm³/mol. The smallest absolute Gasteiger partial charge is 0.237 e. The fourth-order valence-corrected chi connectivity index (χ4v) is 2.53. The van der Waals surface area contributed by atoms with Gasteiger partial charge in [-0.2, -0.15) is 0 Å². The molecule has 0 spiro atoms. The molecule has 1 atom stereocenters. The fraction of sp³-hybridized carbons (Fsp3) is 0.643. The lowest BCUT2D eigenvalue weighted by atomic mass is 9.96. The monoisotopic (exact) mass is 294 g/mol. The second-order valence-corrected chi connectivity index (χ2v) is 5.56. The molecule has 1 aliphatic rings. The molecule has 0 aromatic carbocycles. The van der Waals surface area contributed by atoms with Gasteiger partial charge >= 0.3 is 0 Å². The van der Waals surface area contributed by atoms with E-state index in [4.69, 9.17) is 10.3 Å². The highest BCUT2D eigenvalue weighted by Gasteiger charge is 2.26. The van der Waals surface area contributed by atoms with Crippen LogP contribution in [0.25, 0.3) is 0 Å². The third kappa shape index (κ3) is 3.81.